The van der Waals surface area contributed by atoms with Gasteiger partial charge in [-0.25, -0.2) is 0 Å². The second kappa shape index (κ2) is 4.63. The van der Waals surface area contributed by atoms with Gasteiger partial charge in [-0.05, 0) is 5.56 Å². The van der Waals surface area contributed by atoms with Crippen LogP contribution in [0.3, 0.4) is 0 Å². The molecule has 0 bridgehead atoms. The van der Waals surface area contributed by atoms with Crippen LogP contribution in [-0.4, -0.2) is 16.3 Å². The molecule has 0 spiro atoms. The minimum absolute atomic E-state index is 0.143. The van der Waals surface area contributed by atoms with Gasteiger partial charge in [-0.3, -0.25) is 4.68 Å². The first-order valence-corrected chi connectivity index (χ1v) is 5.26. The Morgan fingerprint density at radius 2 is 1.94 bits per heavy atom. The van der Waals surface area contributed by atoms with E-state index in [1.807, 2.05) is 30.3 Å². The Balaban J connectivity index is 2.14. The number of nitrogens with two attached hydrogens (primary N) is 1. The Morgan fingerprint density at radius 1 is 1.24 bits per heavy atom. The number of aromatic nitrogens is 2. The van der Waals surface area contributed by atoms with Crippen LogP contribution in [-0.2, 0) is 12.5 Å². The third kappa shape index (κ3) is 2.68. The average molecular weight is 237 g/mol. The van der Waals surface area contributed by atoms with E-state index in [4.69, 9.17) is 5.73 Å². The molecule has 0 radical (unpaired) electrons. The first-order chi connectivity index (χ1) is 8.12. The molecule has 1 aromatic carbocycles. The van der Waals surface area contributed by atoms with E-state index in [0.717, 1.165) is 11.8 Å². The Labute approximate surface area is 97.9 Å². The van der Waals surface area contributed by atoms with E-state index in [-0.39, 0.29) is 5.56 Å². The molecule has 0 aliphatic heterocycles. The minimum atomic E-state index is -3.01. The fourth-order valence-corrected chi connectivity index (χ4v) is 1.53. The van der Waals surface area contributed by atoms with Crippen molar-refractivity contribution in [3.8, 4) is 0 Å². The van der Waals surface area contributed by atoms with Crippen molar-refractivity contribution in [3.63, 3.8) is 0 Å². The van der Waals surface area contributed by atoms with E-state index in [2.05, 4.69) is 5.10 Å². The number of hydrogen-bond donors (Lipinski definition) is 1. The Bertz CT molecular complexity index is 480. The summed E-state index contributed by atoms with van der Waals surface area (Å²) in [6, 6.07) is 9.54. The summed E-state index contributed by atoms with van der Waals surface area (Å²) < 4.78 is 28.0. The highest BCUT2D eigenvalue weighted by atomic mass is 19.3. The number of benzene rings is 1. The van der Waals surface area contributed by atoms with Crippen molar-refractivity contribution in [2.75, 3.05) is 6.54 Å². The summed E-state index contributed by atoms with van der Waals surface area (Å²) in [5.74, 6) is -3.01. The molecule has 0 aliphatic carbocycles. The molecule has 17 heavy (non-hydrogen) atoms. The molecule has 5 heteroatoms. The van der Waals surface area contributed by atoms with Gasteiger partial charge >= 0.3 is 0 Å². The molecular weight excluding hydrogens is 224 g/mol. The van der Waals surface area contributed by atoms with Crippen LogP contribution in [0.25, 0.3) is 0 Å². The number of hydrogen-bond acceptors (Lipinski definition) is 2. The van der Waals surface area contributed by atoms with Crippen molar-refractivity contribution < 1.29 is 8.78 Å². The first-order valence-electron chi connectivity index (χ1n) is 5.26. The highest BCUT2D eigenvalue weighted by Crippen LogP contribution is 2.25. The number of rotatable bonds is 4. The fourth-order valence-electron chi connectivity index (χ4n) is 1.53. The molecule has 2 rings (SSSR count). The Hall–Kier alpha value is -1.75. The van der Waals surface area contributed by atoms with Crippen LogP contribution in [0.5, 0.6) is 0 Å². The van der Waals surface area contributed by atoms with Crippen LogP contribution in [0.1, 0.15) is 11.1 Å². The highest BCUT2D eigenvalue weighted by molar-refractivity contribution is 5.17. The van der Waals surface area contributed by atoms with Crippen LogP contribution in [0.15, 0.2) is 42.7 Å². The van der Waals surface area contributed by atoms with Crippen molar-refractivity contribution in [2.45, 2.75) is 12.5 Å². The van der Waals surface area contributed by atoms with Crippen LogP contribution < -0.4 is 5.73 Å². The number of halogens is 2. The molecule has 0 fully saturated rings. The van der Waals surface area contributed by atoms with Gasteiger partial charge in [0, 0.05) is 6.20 Å². The lowest BCUT2D eigenvalue weighted by molar-refractivity contribution is 0.00587. The topological polar surface area (TPSA) is 43.8 Å². The van der Waals surface area contributed by atoms with Gasteiger partial charge in [0.05, 0.1) is 24.8 Å². The van der Waals surface area contributed by atoms with Crippen LogP contribution in [0, 0.1) is 0 Å². The number of nitrogens with zero attached hydrogens (tertiary/aromatic N) is 2. The Morgan fingerprint density at radius 3 is 2.59 bits per heavy atom. The van der Waals surface area contributed by atoms with E-state index >= 15 is 0 Å². The van der Waals surface area contributed by atoms with Crippen molar-refractivity contribution in [3.05, 3.63) is 53.9 Å². The van der Waals surface area contributed by atoms with Gasteiger partial charge in [-0.1, -0.05) is 30.3 Å². The maximum atomic E-state index is 13.3. The zero-order valence-corrected chi connectivity index (χ0v) is 9.18. The molecule has 2 aromatic rings. The van der Waals surface area contributed by atoms with E-state index < -0.39 is 12.5 Å². The summed E-state index contributed by atoms with van der Waals surface area (Å²) in [6.07, 6.45) is 2.50. The summed E-state index contributed by atoms with van der Waals surface area (Å²) in [5, 5.41) is 3.91. The standard InChI is InChI=1S/C12H13F2N3/c13-12(14,9-15)11-6-16-17(8-11)7-10-4-2-1-3-5-10/h1-6,8H,7,9,15H2. The summed E-state index contributed by atoms with van der Waals surface area (Å²) in [6.45, 7) is -0.231. The van der Waals surface area contributed by atoms with E-state index in [9.17, 15) is 8.78 Å². The largest absolute Gasteiger partial charge is 0.325 e. The van der Waals surface area contributed by atoms with Gasteiger partial charge < -0.3 is 5.73 Å². The molecule has 1 heterocycles. The number of alkyl halides is 2. The molecule has 0 saturated heterocycles. The van der Waals surface area contributed by atoms with E-state index in [1.54, 1.807) is 0 Å². The van der Waals surface area contributed by atoms with Gasteiger partial charge in [-0.15, -0.1) is 0 Å². The molecule has 90 valence electrons. The zero-order valence-electron chi connectivity index (χ0n) is 9.18. The van der Waals surface area contributed by atoms with Crippen LogP contribution in [0.2, 0.25) is 0 Å². The monoisotopic (exact) mass is 237 g/mol. The summed E-state index contributed by atoms with van der Waals surface area (Å²) in [7, 11) is 0. The van der Waals surface area contributed by atoms with Crippen molar-refractivity contribution in [2.24, 2.45) is 5.73 Å². The maximum absolute atomic E-state index is 13.3. The van der Waals surface area contributed by atoms with Crippen LogP contribution >= 0.6 is 0 Å². The maximum Gasteiger partial charge on any atom is 0.288 e. The Kier molecular flexibility index (Phi) is 3.19. The lowest BCUT2D eigenvalue weighted by Gasteiger charge is -2.10. The predicted octanol–water partition coefficient (Wildman–Crippen LogP) is 1.98. The quantitative estimate of drug-likeness (QED) is 0.883. The zero-order chi connectivity index (χ0) is 12.3. The summed E-state index contributed by atoms with van der Waals surface area (Å²) in [5.41, 5.74) is 5.88. The fraction of sp³-hybridized carbons (Fsp3) is 0.250. The van der Waals surface area contributed by atoms with Gasteiger partial charge in [0.1, 0.15) is 0 Å². The van der Waals surface area contributed by atoms with Gasteiger partial charge in [0.2, 0.25) is 0 Å². The third-order valence-corrected chi connectivity index (χ3v) is 2.50. The van der Waals surface area contributed by atoms with Crippen molar-refractivity contribution >= 4 is 0 Å². The minimum Gasteiger partial charge on any atom is -0.325 e. The van der Waals surface area contributed by atoms with Gasteiger partial charge in [0.25, 0.3) is 5.92 Å². The van der Waals surface area contributed by atoms with Crippen LogP contribution in [0.4, 0.5) is 8.78 Å². The second-order valence-electron chi connectivity index (χ2n) is 3.82. The van der Waals surface area contributed by atoms with E-state index in [0.29, 0.717) is 6.54 Å². The van der Waals surface area contributed by atoms with E-state index in [1.165, 1.54) is 10.9 Å². The molecule has 1 aromatic heterocycles. The van der Waals surface area contributed by atoms with Crippen molar-refractivity contribution in [1.82, 2.24) is 9.78 Å². The van der Waals surface area contributed by atoms with Gasteiger partial charge in [-0.2, -0.15) is 13.9 Å². The second-order valence-corrected chi connectivity index (χ2v) is 3.82. The molecular formula is C12H13F2N3. The predicted molar refractivity (Wildman–Crippen MR) is 60.7 cm³/mol. The lowest BCUT2D eigenvalue weighted by Crippen LogP contribution is -2.24. The van der Waals surface area contributed by atoms with Crippen molar-refractivity contribution in [1.29, 1.82) is 0 Å². The normalized spacial score (nSPS) is 11.7. The summed E-state index contributed by atoms with van der Waals surface area (Å²) in [4.78, 5) is 0. The lowest BCUT2D eigenvalue weighted by atomic mass is 10.2. The molecule has 0 saturated carbocycles. The SMILES string of the molecule is NCC(F)(F)c1cnn(Cc2ccccc2)c1. The molecule has 0 atom stereocenters. The smallest absolute Gasteiger partial charge is 0.288 e. The highest BCUT2D eigenvalue weighted by Gasteiger charge is 2.30. The molecule has 3 nitrogen and oxygen atoms in total. The molecule has 2 N–H and O–H groups in total. The molecule has 0 amide bonds. The van der Waals surface area contributed by atoms with Gasteiger partial charge in [0.15, 0.2) is 0 Å². The third-order valence-electron chi connectivity index (χ3n) is 2.50. The molecule has 0 aliphatic rings. The molecule has 0 unspecified atom stereocenters. The average Bonchev–Trinajstić information content (AvgIpc) is 2.80. The first kappa shape index (κ1) is 11.7. The summed E-state index contributed by atoms with van der Waals surface area (Å²) >= 11 is 0.